The Morgan fingerprint density at radius 3 is 2.55 bits per heavy atom. The van der Waals surface area contributed by atoms with E-state index in [0.717, 1.165) is 32.6 Å². The van der Waals surface area contributed by atoms with Crippen molar-refractivity contribution >= 4 is 5.91 Å². The predicted octanol–water partition coefficient (Wildman–Crippen LogP) is 2.91. The van der Waals surface area contributed by atoms with Gasteiger partial charge in [0.15, 0.2) is 0 Å². The lowest BCUT2D eigenvalue weighted by Gasteiger charge is -2.43. The van der Waals surface area contributed by atoms with Gasteiger partial charge in [0, 0.05) is 19.6 Å². The first kappa shape index (κ1) is 20.6. The summed E-state index contributed by atoms with van der Waals surface area (Å²) in [5.41, 5.74) is 1.38. The molecular weight excluding hydrogens is 390 g/mol. The Morgan fingerprint density at radius 2 is 1.84 bits per heavy atom. The van der Waals surface area contributed by atoms with Crippen LogP contribution in [0.3, 0.4) is 0 Å². The lowest BCUT2D eigenvalue weighted by molar-refractivity contribution is 0.0727. The zero-order valence-electron chi connectivity index (χ0n) is 18.2. The summed E-state index contributed by atoms with van der Waals surface area (Å²) < 4.78 is 5.48. The minimum Gasteiger partial charge on any atom is -0.349 e. The summed E-state index contributed by atoms with van der Waals surface area (Å²) in [4.78, 5) is 21.9. The summed E-state index contributed by atoms with van der Waals surface area (Å²) in [5, 5.41) is 6.97. The molecule has 4 aliphatic heterocycles. The highest BCUT2D eigenvalue weighted by Crippen LogP contribution is 2.38. The highest BCUT2D eigenvalue weighted by atomic mass is 16.5. The highest BCUT2D eigenvalue weighted by Gasteiger charge is 2.38. The van der Waals surface area contributed by atoms with E-state index in [9.17, 15) is 4.79 Å². The van der Waals surface area contributed by atoms with Crippen LogP contribution in [0.4, 0.5) is 0 Å². The molecule has 0 radical (unpaired) electrons. The van der Waals surface area contributed by atoms with E-state index in [0.29, 0.717) is 24.3 Å². The number of carbonyl (C=O) groups excluding carboxylic acids is 1. The van der Waals surface area contributed by atoms with Crippen LogP contribution < -0.4 is 5.32 Å². The number of carbonyl (C=O) groups is 1. The van der Waals surface area contributed by atoms with Crippen molar-refractivity contribution in [2.75, 3.05) is 39.3 Å². The number of fused-ring (bicyclic) bond motifs is 3. The van der Waals surface area contributed by atoms with Gasteiger partial charge in [-0.1, -0.05) is 35.5 Å². The maximum absolute atomic E-state index is 12.5. The van der Waals surface area contributed by atoms with Gasteiger partial charge >= 0.3 is 0 Å². The summed E-state index contributed by atoms with van der Waals surface area (Å²) >= 11 is 0. The van der Waals surface area contributed by atoms with Gasteiger partial charge in [0.25, 0.3) is 11.7 Å². The van der Waals surface area contributed by atoms with Crippen molar-refractivity contribution in [1.29, 1.82) is 0 Å². The third-order valence-corrected chi connectivity index (χ3v) is 7.41. The summed E-state index contributed by atoms with van der Waals surface area (Å²) in [6, 6.07) is 10.7. The average molecular weight is 424 g/mol. The van der Waals surface area contributed by atoms with Gasteiger partial charge in [0.05, 0.1) is 5.92 Å². The molecule has 5 heterocycles. The Bertz CT molecular complexity index is 854. The normalized spacial score (nSPS) is 26.8. The highest BCUT2D eigenvalue weighted by molar-refractivity contribution is 5.90. The number of aromatic nitrogens is 2. The van der Waals surface area contributed by atoms with E-state index >= 15 is 0 Å². The lowest BCUT2D eigenvalue weighted by Crippen LogP contribution is -2.46. The Morgan fingerprint density at radius 1 is 1.06 bits per heavy atom. The van der Waals surface area contributed by atoms with Crippen molar-refractivity contribution in [2.45, 2.75) is 44.6 Å². The van der Waals surface area contributed by atoms with Gasteiger partial charge in [-0.2, -0.15) is 4.98 Å². The van der Waals surface area contributed by atoms with Gasteiger partial charge in [-0.25, -0.2) is 0 Å². The third kappa shape index (κ3) is 4.99. The van der Waals surface area contributed by atoms with Crippen molar-refractivity contribution in [3.8, 4) is 0 Å². The Balaban J connectivity index is 1.03. The van der Waals surface area contributed by atoms with Gasteiger partial charge in [-0.15, -0.1) is 0 Å². The van der Waals surface area contributed by atoms with Crippen molar-refractivity contribution in [1.82, 2.24) is 25.3 Å². The van der Waals surface area contributed by atoms with Crippen LogP contribution in [0.25, 0.3) is 0 Å². The first-order valence-electron chi connectivity index (χ1n) is 11.8. The predicted molar refractivity (Wildman–Crippen MR) is 118 cm³/mol. The standard InChI is InChI=1S/C24H33N5O2/c30-23(22-26-24(31-27-22)21-17-29-14-9-20(21)10-15-29)25-11-6-18-7-12-28(13-8-18)16-19-4-2-1-3-5-19/h1-5,18,20-21H,6-17H2,(H,25,30). The van der Waals surface area contributed by atoms with Crippen molar-refractivity contribution in [3.63, 3.8) is 0 Å². The van der Waals surface area contributed by atoms with Gasteiger partial charge in [0.1, 0.15) is 0 Å². The summed E-state index contributed by atoms with van der Waals surface area (Å²) in [6.45, 7) is 7.29. The molecule has 4 aliphatic rings. The van der Waals surface area contributed by atoms with E-state index < -0.39 is 0 Å². The van der Waals surface area contributed by atoms with Crippen molar-refractivity contribution < 1.29 is 9.32 Å². The molecule has 0 aliphatic carbocycles. The largest absolute Gasteiger partial charge is 0.349 e. The van der Waals surface area contributed by atoms with Crippen LogP contribution in [0.5, 0.6) is 0 Å². The fourth-order valence-electron chi connectivity index (χ4n) is 5.47. The monoisotopic (exact) mass is 423 g/mol. The zero-order valence-corrected chi connectivity index (χ0v) is 18.2. The quantitative estimate of drug-likeness (QED) is 0.738. The fourth-order valence-corrected chi connectivity index (χ4v) is 5.47. The van der Waals surface area contributed by atoms with E-state index in [4.69, 9.17) is 4.52 Å². The molecular formula is C24H33N5O2. The van der Waals surface area contributed by atoms with Crippen molar-refractivity contribution in [3.05, 3.63) is 47.6 Å². The minimum absolute atomic E-state index is 0.184. The number of nitrogens with zero attached hydrogens (tertiary/aromatic N) is 4. The zero-order chi connectivity index (χ0) is 21.0. The molecule has 1 amide bonds. The maximum Gasteiger partial charge on any atom is 0.292 e. The van der Waals surface area contributed by atoms with Crippen LogP contribution in [0, 0.1) is 11.8 Å². The number of amides is 1. The number of hydrogen-bond donors (Lipinski definition) is 1. The molecule has 0 saturated carbocycles. The fraction of sp³-hybridized carbons (Fsp3) is 0.625. The van der Waals surface area contributed by atoms with Gasteiger partial charge < -0.3 is 14.7 Å². The number of rotatable bonds is 7. The maximum atomic E-state index is 12.5. The second-order valence-corrected chi connectivity index (χ2v) is 9.45. The average Bonchev–Trinajstić information content (AvgIpc) is 3.32. The molecule has 1 aromatic carbocycles. The number of piperidine rings is 4. The van der Waals surface area contributed by atoms with E-state index in [2.05, 4.69) is 55.6 Å². The van der Waals surface area contributed by atoms with E-state index in [1.807, 2.05) is 0 Å². The molecule has 1 N–H and O–H groups in total. The van der Waals surface area contributed by atoms with Crippen LogP contribution in [0.2, 0.25) is 0 Å². The lowest BCUT2D eigenvalue weighted by atomic mass is 9.79. The summed E-state index contributed by atoms with van der Waals surface area (Å²) in [5.74, 6) is 2.19. The molecule has 2 bridgehead atoms. The minimum atomic E-state index is -0.210. The molecule has 7 nitrogen and oxygen atoms in total. The number of likely N-dealkylation sites (tertiary alicyclic amines) is 1. The third-order valence-electron chi connectivity index (χ3n) is 7.41. The molecule has 31 heavy (non-hydrogen) atoms. The first-order valence-corrected chi connectivity index (χ1v) is 11.8. The molecule has 4 saturated heterocycles. The molecule has 166 valence electrons. The molecule has 2 aromatic rings. The van der Waals surface area contributed by atoms with Gasteiger partial charge in [0.2, 0.25) is 5.89 Å². The summed E-state index contributed by atoms with van der Waals surface area (Å²) in [6.07, 6.45) is 5.77. The van der Waals surface area contributed by atoms with E-state index in [1.54, 1.807) is 0 Å². The van der Waals surface area contributed by atoms with Crippen LogP contribution >= 0.6 is 0 Å². The molecule has 0 spiro atoms. The molecule has 6 rings (SSSR count). The van der Waals surface area contributed by atoms with Crippen LogP contribution in [-0.2, 0) is 6.54 Å². The SMILES string of the molecule is O=C(NCCC1CCN(Cc2ccccc2)CC1)c1noc(C2CN3CCC2CC3)n1. The molecule has 1 atom stereocenters. The molecule has 7 heteroatoms. The van der Waals surface area contributed by atoms with Gasteiger partial charge in [-0.05, 0) is 75.7 Å². The number of hydrogen-bond acceptors (Lipinski definition) is 6. The second-order valence-electron chi connectivity index (χ2n) is 9.45. The van der Waals surface area contributed by atoms with Gasteiger partial charge in [-0.3, -0.25) is 9.69 Å². The smallest absolute Gasteiger partial charge is 0.292 e. The van der Waals surface area contributed by atoms with Crippen LogP contribution in [0.1, 0.15) is 60.1 Å². The Labute approximate surface area is 184 Å². The Kier molecular flexibility index (Phi) is 6.32. The number of nitrogens with one attached hydrogen (secondary N) is 1. The Hall–Kier alpha value is -2.25. The van der Waals surface area contributed by atoms with Crippen molar-refractivity contribution in [2.24, 2.45) is 11.8 Å². The topological polar surface area (TPSA) is 74.5 Å². The number of benzene rings is 1. The summed E-state index contributed by atoms with van der Waals surface area (Å²) in [7, 11) is 0. The molecule has 1 aromatic heterocycles. The molecule has 1 unspecified atom stereocenters. The van der Waals surface area contributed by atoms with Crippen LogP contribution in [0.15, 0.2) is 34.9 Å². The second kappa shape index (κ2) is 9.49. The van der Waals surface area contributed by atoms with E-state index in [-0.39, 0.29) is 17.6 Å². The first-order chi connectivity index (χ1) is 15.2. The molecule has 4 fully saturated rings. The van der Waals surface area contributed by atoms with Crippen LogP contribution in [-0.4, -0.2) is 65.1 Å². The van der Waals surface area contributed by atoms with E-state index in [1.165, 1.54) is 44.3 Å².